The zero-order valence-electron chi connectivity index (χ0n) is 14.9. The van der Waals surface area contributed by atoms with E-state index in [1.807, 2.05) is 18.2 Å². The zero-order chi connectivity index (χ0) is 19.2. The highest BCUT2D eigenvalue weighted by Crippen LogP contribution is 2.31. The number of nitrogens with one attached hydrogen (secondary N) is 2. The Kier molecular flexibility index (Phi) is 5.86. The van der Waals surface area contributed by atoms with Crippen molar-refractivity contribution >= 4 is 29.2 Å². The van der Waals surface area contributed by atoms with Gasteiger partial charge >= 0.3 is 5.97 Å². The number of hydrogen-bond donors (Lipinski definition) is 3. The van der Waals surface area contributed by atoms with Gasteiger partial charge in [-0.15, -0.1) is 0 Å². The molecule has 2 amide bonds. The van der Waals surface area contributed by atoms with Gasteiger partial charge in [0.25, 0.3) is 5.91 Å². The number of carboxylic acid groups (broad SMARTS) is 1. The van der Waals surface area contributed by atoms with E-state index in [1.54, 1.807) is 36.4 Å². The fourth-order valence-electron chi connectivity index (χ4n) is 3.48. The molecule has 0 aliphatic heterocycles. The molecule has 6 heteroatoms. The second-order valence-electron chi connectivity index (χ2n) is 6.69. The van der Waals surface area contributed by atoms with E-state index in [-0.39, 0.29) is 11.8 Å². The first-order valence-corrected chi connectivity index (χ1v) is 9.05. The maximum absolute atomic E-state index is 12.7. The maximum atomic E-state index is 12.7. The molecular formula is C21H22N2O4. The first-order chi connectivity index (χ1) is 13.1. The smallest absolute Gasteiger partial charge is 0.307 e. The minimum atomic E-state index is -0.940. The maximum Gasteiger partial charge on any atom is 0.307 e. The van der Waals surface area contributed by atoms with Crippen molar-refractivity contribution in [2.75, 3.05) is 10.6 Å². The number of aliphatic carboxylic acids is 1. The molecule has 2 atom stereocenters. The van der Waals surface area contributed by atoms with E-state index in [2.05, 4.69) is 10.6 Å². The molecule has 27 heavy (non-hydrogen) atoms. The third-order valence-electron chi connectivity index (χ3n) is 4.88. The van der Waals surface area contributed by atoms with Gasteiger partial charge in [-0.25, -0.2) is 0 Å². The Morgan fingerprint density at radius 2 is 1.44 bits per heavy atom. The van der Waals surface area contributed by atoms with Gasteiger partial charge in [-0.1, -0.05) is 43.2 Å². The minimum Gasteiger partial charge on any atom is -0.481 e. The predicted molar refractivity (Wildman–Crippen MR) is 103 cm³/mol. The van der Waals surface area contributed by atoms with Gasteiger partial charge in [0.1, 0.15) is 0 Å². The summed E-state index contributed by atoms with van der Waals surface area (Å²) in [6.07, 6.45) is 2.69. The quantitative estimate of drug-likeness (QED) is 0.751. The minimum absolute atomic E-state index is 0.331. The molecule has 3 rings (SSSR count). The Morgan fingerprint density at radius 3 is 2.15 bits per heavy atom. The van der Waals surface area contributed by atoms with Crippen LogP contribution in [-0.2, 0) is 9.59 Å². The first kappa shape index (κ1) is 18.6. The lowest BCUT2D eigenvalue weighted by molar-refractivity contribution is -0.147. The van der Waals surface area contributed by atoms with Crippen molar-refractivity contribution in [1.29, 1.82) is 0 Å². The van der Waals surface area contributed by atoms with E-state index >= 15 is 0 Å². The molecule has 0 radical (unpaired) electrons. The molecule has 3 N–H and O–H groups in total. The van der Waals surface area contributed by atoms with Crippen LogP contribution in [0, 0.1) is 11.8 Å². The van der Waals surface area contributed by atoms with Crippen LogP contribution < -0.4 is 10.6 Å². The van der Waals surface area contributed by atoms with Gasteiger partial charge in [0, 0.05) is 5.69 Å². The third kappa shape index (κ3) is 4.53. The summed E-state index contributed by atoms with van der Waals surface area (Å²) in [7, 11) is 0. The van der Waals surface area contributed by atoms with Crippen molar-refractivity contribution in [3.8, 4) is 0 Å². The number of amides is 2. The van der Waals surface area contributed by atoms with Crippen LogP contribution in [0.1, 0.15) is 36.0 Å². The molecule has 0 bridgehead atoms. The van der Waals surface area contributed by atoms with Crippen molar-refractivity contribution in [3.63, 3.8) is 0 Å². The Labute approximate surface area is 157 Å². The summed E-state index contributed by atoms with van der Waals surface area (Å²) in [5.41, 5.74) is 1.37. The van der Waals surface area contributed by atoms with Gasteiger partial charge in [-0.05, 0) is 37.1 Å². The van der Waals surface area contributed by atoms with E-state index in [1.165, 1.54) is 0 Å². The van der Waals surface area contributed by atoms with Crippen LogP contribution in [0.4, 0.5) is 11.4 Å². The topological polar surface area (TPSA) is 95.5 Å². The predicted octanol–water partition coefficient (Wildman–Crippen LogP) is 3.77. The van der Waals surface area contributed by atoms with Gasteiger partial charge in [0.05, 0.1) is 23.1 Å². The fraction of sp³-hybridized carbons (Fsp3) is 0.286. The summed E-state index contributed by atoms with van der Waals surface area (Å²) in [5.74, 6) is -2.88. The molecule has 6 nitrogen and oxygen atoms in total. The summed E-state index contributed by atoms with van der Waals surface area (Å²) in [6, 6.07) is 15.8. The van der Waals surface area contributed by atoms with Crippen LogP contribution >= 0.6 is 0 Å². The second-order valence-corrected chi connectivity index (χ2v) is 6.69. The van der Waals surface area contributed by atoms with Gasteiger partial charge in [0.2, 0.25) is 5.91 Å². The monoisotopic (exact) mass is 366 g/mol. The molecule has 1 fully saturated rings. The van der Waals surface area contributed by atoms with Crippen LogP contribution in [0.25, 0.3) is 0 Å². The lowest BCUT2D eigenvalue weighted by Crippen LogP contribution is -2.36. The number of rotatable bonds is 5. The summed E-state index contributed by atoms with van der Waals surface area (Å²) in [5, 5.41) is 14.9. The molecule has 1 saturated carbocycles. The average molecular weight is 366 g/mol. The number of anilines is 2. The van der Waals surface area contributed by atoms with Crippen molar-refractivity contribution in [1.82, 2.24) is 0 Å². The summed E-state index contributed by atoms with van der Waals surface area (Å²) in [4.78, 5) is 36.8. The molecule has 0 saturated heterocycles. The molecule has 1 aliphatic rings. The molecular weight excluding hydrogens is 344 g/mol. The first-order valence-electron chi connectivity index (χ1n) is 9.05. The van der Waals surface area contributed by atoms with Crippen LogP contribution in [0.5, 0.6) is 0 Å². The van der Waals surface area contributed by atoms with Gasteiger partial charge in [-0.2, -0.15) is 0 Å². The molecule has 0 spiro atoms. The van der Waals surface area contributed by atoms with Crippen LogP contribution in [-0.4, -0.2) is 22.9 Å². The SMILES string of the molecule is O=C(Nc1ccccc1)c1ccccc1NC(=O)[C@H]1CCCC[C@@H]1C(=O)O. The number of carbonyl (C=O) groups is 3. The molecule has 1 aliphatic carbocycles. The Hall–Kier alpha value is -3.15. The largest absolute Gasteiger partial charge is 0.481 e. The van der Waals surface area contributed by atoms with Gasteiger partial charge < -0.3 is 15.7 Å². The highest BCUT2D eigenvalue weighted by Gasteiger charge is 2.36. The van der Waals surface area contributed by atoms with Gasteiger partial charge in [0.15, 0.2) is 0 Å². The van der Waals surface area contributed by atoms with Gasteiger partial charge in [-0.3, -0.25) is 14.4 Å². The van der Waals surface area contributed by atoms with Crippen molar-refractivity contribution in [3.05, 3.63) is 60.2 Å². The number of para-hydroxylation sites is 2. The lowest BCUT2D eigenvalue weighted by atomic mass is 9.78. The Balaban J connectivity index is 1.76. The van der Waals surface area contributed by atoms with E-state index < -0.39 is 17.8 Å². The second kappa shape index (κ2) is 8.49. The van der Waals surface area contributed by atoms with E-state index in [0.29, 0.717) is 29.8 Å². The molecule has 0 heterocycles. The summed E-state index contributed by atoms with van der Waals surface area (Å²) >= 11 is 0. The Morgan fingerprint density at radius 1 is 0.815 bits per heavy atom. The summed E-state index contributed by atoms with van der Waals surface area (Å²) in [6.45, 7) is 0. The van der Waals surface area contributed by atoms with Crippen LogP contribution in [0.2, 0.25) is 0 Å². The van der Waals surface area contributed by atoms with Crippen LogP contribution in [0.3, 0.4) is 0 Å². The number of carbonyl (C=O) groups excluding carboxylic acids is 2. The van der Waals surface area contributed by atoms with E-state index in [9.17, 15) is 19.5 Å². The number of benzene rings is 2. The fourth-order valence-corrected chi connectivity index (χ4v) is 3.48. The molecule has 2 aromatic rings. The standard InChI is InChI=1S/C21H22N2O4/c24-19(15-10-4-5-11-16(15)21(26)27)23-18-13-7-6-12-17(18)20(25)22-14-8-2-1-3-9-14/h1-3,6-9,12-13,15-16H,4-5,10-11H2,(H,22,25)(H,23,24)(H,26,27)/t15-,16-/m0/s1. The normalized spacial score (nSPS) is 19.1. The molecule has 2 aromatic carbocycles. The molecule has 0 aromatic heterocycles. The summed E-state index contributed by atoms with van der Waals surface area (Å²) < 4.78 is 0. The van der Waals surface area contributed by atoms with E-state index in [0.717, 1.165) is 12.8 Å². The van der Waals surface area contributed by atoms with Crippen LogP contribution in [0.15, 0.2) is 54.6 Å². The van der Waals surface area contributed by atoms with Crippen molar-refractivity contribution in [2.45, 2.75) is 25.7 Å². The number of hydrogen-bond acceptors (Lipinski definition) is 3. The third-order valence-corrected chi connectivity index (χ3v) is 4.88. The average Bonchev–Trinajstić information content (AvgIpc) is 2.69. The molecule has 0 unspecified atom stereocenters. The highest BCUT2D eigenvalue weighted by molar-refractivity contribution is 6.10. The number of carboxylic acids is 1. The lowest BCUT2D eigenvalue weighted by Gasteiger charge is -2.27. The highest BCUT2D eigenvalue weighted by atomic mass is 16.4. The van der Waals surface area contributed by atoms with Crippen molar-refractivity contribution < 1.29 is 19.5 Å². The van der Waals surface area contributed by atoms with Crippen molar-refractivity contribution in [2.24, 2.45) is 11.8 Å². The zero-order valence-corrected chi connectivity index (χ0v) is 14.9. The molecule has 140 valence electrons. The Bertz CT molecular complexity index is 835. The van der Waals surface area contributed by atoms with E-state index in [4.69, 9.17) is 0 Å².